The van der Waals surface area contributed by atoms with E-state index in [1.54, 1.807) is 13.1 Å². The summed E-state index contributed by atoms with van der Waals surface area (Å²) in [7, 11) is -1.42. The van der Waals surface area contributed by atoms with E-state index in [1.807, 2.05) is 19.1 Å². The topological polar surface area (TPSA) is 79.8 Å². The maximum atomic E-state index is 11.7. The first-order chi connectivity index (χ1) is 13.9. The molecule has 2 rings (SSSR count). The molecule has 0 bridgehead atoms. The highest BCUT2D eigenvalue weighted by Gasteiger charge is 2.13. The molecular weight excluding hydrogens is 386 g/mol. The first-order valence-electron chi connectivity index (χ1n) is 10.8. The van der Waals surface area contributed by atoms with Crippen LogP contribution in [0.25, 0.3) is 0 Å². The van der Waals surface area contributed by atoms with Gasteiger partial charge in [-0.1, -0.05) is 31.4 Å². The van der Waals surface area contributed by atoms with Gasteiger partial charge in [-0.15, -0.1) is 0 Å². The van der Waals surface area contributed by atoms with E-state index in [2.05, 4.69) is 15.6 Å². The summed E-state index contributed by atoms with van der Waals surface area (Å²) in [6.45, 7) is 4.17. The quantitative estimate of drug-likeness (QED) is 0.342. The van der Waals surface area contributed by atoms with Crippen LogP contribution in [0.3, 0.4) is 0 Å². The largest absolute Gasteiger partial charge is 0.378 e. The SMILES string of the molecule is CN=C(NCCCCCOC1CCCCC1)NCc1ccc(S(C)(=O)=O)c(C)c1. The number of sulfone groups is 1. The number of hydrogen-bond donors (Lipinski definition) is 2. The molecule has 1 aromatic carbocycles. The lowest BCUT2D eigenvalue weighted by molar-refractivity contribution is 0.0264. The van der Waals surface area contributed by atoms with Crippen molar-refractivity contribution in [3.8, 4) is 0 Å². The Morgan fingerprint density at radius 3 is 2.55 bits per heavy atom. The van der Waals surface area contributed by atoms with Gasteiger partial charge in [-0.2, -0.15) is 0 Å². The Balaban J connectivity index is 1.61. The highest BCUT2D eigenvalue weighted by atomic mass is 32.2. The lowest BCUT2D eigenvalue weighted by Crippen LogP contribution is -2.37. The zero-order valence-corrected chi connectivity index (χ0v) is 19.0. The fourth-order valence-corrected chi connectivity index (χ4v) is 4.70. The number of ether oxygens (including phenoxy) is 1. The summed E-state index contributed by atoms with van der Waals surface area (Å²) in [5.41, 5.74) is 1.79. The number of hydrogen-bond acceptors (Lipinski definition) is 4. The van der Waals surface area contributed by atoms with E-state index in [9.17, 15) is 8.42 Å². The fourth-order valence-electron chi connectivity index (χ4n) is 3.74. The molecule has 2 N–H and O–H groups in total. The first kappa shape index (κ1) is 23.7. The van der Waals surface area contributed by atoms with E-state index >= 15 is 0 Å². The van der Waals surface area contributed by atoms with E-state index < -0.39 is 9.84 Å². The summed E-state index contributed by atoms with van der Waals surface area (Å²) in [5.74, 6) is 0.758. The summed E-state index contributed by atoms with van der Waals surface area (Å²) < 4.78 is 29.4. The van der Waals surface area contributed by atoms with Crippen molar-refractivity contribution in [1.29, 1.82) is 0 Å². The third kappa shape index (κ3) is 8.74. The molecule has 164 valence electrons. The molecule has 1 fully saturated rings. The zero-order chi connectivity index (χ0) is 21.1. The third-order valence-corrected chi connectivity index (χ3v) is 6.60. The minimum absolute atomic E-state index is 0.385. The molecule has 1 aliphatic carbocycles. The summed E-state index contributed by atoms with van der Waals surface area (Å²) >= 11 is 0. The van der Waals surface area contributed by atoms with Gasteiger partial charge in [-0.3, -0.25) is 4.99 Å². The van der Waals surface area contributed by atoms with Crippen LogP contribution in [0.2, 0.25) is 0 Å². The Bertz CT molecular complexity index is 757. The van der Waals surface area contributed by atoms with Gasteiger partial charge in [0.1, 0.15) is 0 Å². The molecule has 1 aromatic rings. The van der Waals surface area contributed by atoms with Crippen molar-refractivity contribution in [2.24, 2.45) is 4.99 Å². The van der Waals surface area contributed by atoms with Crippen molar-refractivity contribution in [1.82, 2.24) is 10.6 Å². The van der Waals surface area contributed by atoms with Crippen molar-refractivity contribution >= 4 is 15.8 Å². The van der Waals surface area contributed by atoms with Crippen LogP contribution in [0.5, 0.6) is 0 Å². The second-order valence-electron chi connectivity index (χ2n) is 7.92. The van der Waals surface area contributed by atoms with Crippen LogP contribution in [0.4, 0.5) is 0 Å². The van der Waals surface area contributed by atoms with Crippen LogP contribution in [-0.2, 0) is 21.1 Å². The summed E-state index contributed by atoms with van der Waals surface area (Å²) in [4.78, 5) is 4.64. The number of nitrogens with one attached hydrogen (secondary N) is 2. The number of aryl methyl sites for hydroxylation is 1. The molecule has 0 amide bonds. The van der Waals surface area contributed by atoms with Crippen LogP contribution in [0.15, 0.2) is 28.1 Å². The standard InChI is InChI=1S/C22H37N3O3S/c1-18-16-19(12-13-21(18)29(3,26)27)17-25-22(23-2)24-14-8-5-9-15-28-20-10-6-4-7-11-20/h12-13,16,20H,4-11,14-15,17H2,1-3H3,(H2,23,24,25). The number of benzene rings is 1. The van der Waals surface area contributed by atoms with Gasteiger partial charge in [0.25, 0.3) is 0 Å². The van der Waals surface area contributed by atoms with Crippen molar-refractivity contribution < 1.29 is 13.2 Å². The van der Waals surface area contributed by atoms with Crippen LogP contribution in [0.1, 0.15) is 62.5 Å². The Hall–Kier alpha value is -1.60. The molecule has 0 saturated heterocycles. The molecule has 1 aliphatic rings. The van der Waals surface area contributed by atoms with E-state index in [1.165, 1.54) is 38.4 Å². The highest BCUT2D eigenvalue weighted by Crippen LogP contribution is 2.20. The van der Waals surface area contributed by atoms with E-state index in [0.29, 0.717) is 17.5 Å². The monoisotopic (exact) mass is 423 g/mol. The van der Waals surface area contributed by atoms with E-state index in [-0.39, 0.29) is 0 Å². The minimum Gasteiger partial charge on any atom is -0.378 e. The van der Waals surface area contributed by atoms with Gasteiger partial charge in [0.05, 0.1) is 11.0 Å². The van der Waals surface area contributed by atoms with E-state index in [4.69, 9.17) is 4.74 Å². The third-order valence-electron chi connectivity index (χ3n) is 5.34. The lowest BCUT2D eigenvalue weighted by Gasteiger charge is -2.21. The van der Waals surface area contributed by atoms with Crippen LogP contribution >= 0.6 is 0 Å². The number of aliphatic imine (C=N–C) groups is 1. The predicted octanol–water partition coefficient (Wildman–Crippen LogP) is 3.58. The van der Waals surface area contributed by atoms with Crippen LogP contribution < -0.4 is 10.6 Å². The molecule has 0 aliphatic heterocycles. The Labute approximate surface area is 176 Å². The Morgan fingerprint density at radius 2 is 1.90 bits per heavy atom. The van der Waals surface area contributed by atoms with Crippen molar-refractivity contribution in [3.63, 3.8) is 0 Å². The number of guanidine groups is 1. The summed E-state index contributed by atoms with van der Waals surface area (Å²) in [5, 5.41) is 6.61. The zero-order valence-electron chi connectivity index (χ0n) is 18.2. The average molecular weight is 424 g/mol. The molecule has 0 unspecified atom stereocenters. The molecule has 0 aromatic heterocycles. The maximum absolute atomic E-state index is 11.7. The smallest absolute Gasteiger partial charge is 0.191 e. The maximum Gasteiger partial charge on any atom is 0.191 e. The van der Waals surface area contributed by atoms with Gasteiger partial charge < -0.3 is 15.4 Å². The summed E-state index contributed by atoms with van der Waals surface area (Å²) in [6, 6.07) is 5.42. The van der Waals surface area contributed by atoms with Gasteiger partial charge >= 0.3 is 0 Å². The van der Waals surface area contributed by atoms with Gasteiger partial charge in [0.2, 0.25) is 0 Å². The molecule has 6 nitrogen and oxygen atoms in total. The highest BCUT2D eigenvalue weighted by molar-refractivity contribution is 7.90. The Kier molecular flexibility index (Phi) is 9.94. The fraction of sp³-hybridized carbons (Fsp3) is 0.682. The molecule has 0 spiro atoms. The Morgan fingerprint density at radius 1 is 1.14 bits per heavy atom. The molecular formula is C22H37N3O3S. The molecule has 0 atom stereocenters. The van der Waals surface area contributed by atoms with Gasteiger partial charge in [-0.05, 0) is 56.2 Å². The van der Waals surface area contributed by atoms with Gasteiger partial charge in [0, 0.05) is 33.0 Å². The number of unbranched alkanes of at least 4 members (excludes halogenated alkanes) is 2. The van der Waals surface area contributed by atoms with Crippen molar-refractivity contribution in [2.75, 3.05) is 26.5 Å². The van der Waals surface area contributed by atoms with Crippen molar-refractivity contribution in [2.45, 2.75) is 75.8 Å². The first-order valence-corrected chi connectivity index (χ1v) is 12.6. The second-order valence-corrected chi connectivity index (χ2v) is 9.90. The van der Waals surface area contributed by atoms with E-state index in [0.717, 1.165) is 49.5 Å². The number of rotatable bonds is 10. The minimum atomic E-state index is -3.18. The molecule has 29 heavy (non-hydrogen) atoms. The van der Waals surface area contributed by atoms with Crippen molar-refractivity contribution in [3.05, 3.63) is 29.3 Å². The van der Waals surface area contributed by atoms with Gasteiger partial charge in [-0.25, -0.2) is 8.42 Å². The van der Waals surface area contributed by atoms with Crippen LogP contribution in [0, 0.1) is 6.92 Å². The predicted molar refractivity (Wildman–Crippen MR) is 119 cm³/mol. The molecule has 7 heteroatoms. The van der Waals surface area contributed by atoms with Crippen LogP contribution in [-0.4, -0.2) is 46.9 Å². The molecule has 0 radical (unpaired) electrons. The van der Waals surface area contributed by atoms with Gasteiger partial charge in [0.15, 0.2) is 15.8 Å². The normalized spacial score (nSPS) is 16.0. The second kappa shape index (κ2) is 12.2. The number of nitrogens with zero attached hydrogens (tertiary/aromatic N) is 1. The molecule has 0 heterocycles. The summed E-state index contributed by atoms with van der Waals surface area (Å²) in [6.07, 6.45) is 11.5. The lowest BCUT2D eigenvalue weighted by atomic mass is 9.98. The average Bonchev–Trinajstić information content (AvgIpc) is 2.69. The molecule has 1 saturated carbocycles.